The van der Waals surface area contributed by atoms with Crippen LogP contribution in [0.2, 0.25) is 0 Å². The second-order valence-corrected chi connectivity index (χ2v) is 6.76. The van der Waals surface area contributed by atoms with Crippen LogP contribution in [0.4, 0.5) is 0 Å². The molecule has 118 valence electrons. The van der Waals surface area contributed by atoms with Gasteiger partial charge in [-0.05, 0) is 55.9 Å². The minimum atomic E-state index is 0. The lowest BCUT2D eigenvalue weighted by atomic mass is 10.1. The fourth-order valence-corrected chi connectivity index (χ4v) is 3.16. The van der Waals surface area contributed by atoms with Crippen LogP contribution in [0.5, 0.6) is 0 Å². The van der Waals surface area contributed by atoms with E-state index in [1.54, 1.807) is 11.8 Å². The highest BCUT2D eigenvalue weighted by molar-refractivity contribution is 7.99. The first-order valence-corrected chi connectivity index (χ1v) is 8.28. The quantitative estimate of drug-likeness (QED) is 0.756. The Labute approximate surface area is 137 Å². The molecule has 5 heteroatoms. The molecule has 1 unspecified atom stereocenters. The summed E-state index contributed by atoms with van der Waals surface area (Å²) in [7, 11) is 0. The first kappa shape index (κ1) is 18.3. The largest absolute Gasteiger partial charge is 0.352 e. The number of amides is 1. The van der Waals surface area contributed by atoms with Crippen LogP contribution in [0.25, 0.3) is 0 Å². The van der Waals surface area contributed by atoms with Crippen molar-refractivity contribution in [1.82, 2.24) is 5.32 Å². The van der Waals surface area contributed by atoms with Crippen LogP contribution in [0.1, 0.15) is 30.4 Å². The minimum absolute atomic E-state index is 0. The van der Waals surface area contributed by atoms with Crippen LogP contribution in [0, 0.1) is 19.8 Å². The van der Waals surface area contributed by atoms with E-state index in [2.05, 4.69) is 37.4 Å². The zero-order valence-electron chi connectivity index (χ0n) is 12.7. The van der Waals surface area contributed by atoms with Crippen molar-refractivity contribution in [1.29, 1.82) is 0 Å². The van der Waals surface area contributed by atoms with Crippen LogP contribution < -0.4 is 11.1 Å². The lowest BCUT2D eigenvalue weighted by molar-refractivity contribution is -0.121. The predicted octanol–water partition coefficient (Wildman–Crippen LogP) is 3.06. The molecule has 1 atom stereocenters. The SMILES string of the molecule is Cc1ccc(SCCC(=O)NC(CN)C2CC2)cc1C.Cl. The Morgan fingerprint density at radius 1 is 1.38 bits per heavy atom. The zero-order chi connectivity index (χ0) is 14.5. The monoisotopic (exact) mass is 328 g/mol. The second-order valence-electron chi connectivity index (χ2n) is 5.59. The van der Waals surface area contributed by atoms with E-state index in [4.69, 9.17) is 5.73 Å². The number of carbonyl (C=O) groups is 1. The number of carbonyl (C=O) groups excluding carboxylic acids is 1. The van der Waals surface area contributed by atoms with Crippen LogP contribution in [0.15, 0.2) is 23.1 Å². The Kier molecular flexibility index (Phi) is 7.57. The van der Waals surface area contributed by atoms with Crippen molar-refractivity contribution in [3.05, 3.63) is 29.3 Å². The van der Waals surface area contributed by atoms with Crippen molar-refractivity contribution in [2.45, 2.75) is 44.0 Å². The first-order valence-electron chi connectivity index (χ1n) is 7.29. The van der Waals surface area contributed by atoms with Crippen LogP contribution >= 0.6 is 24.2 Å². The maximum atomic E-state index is 11.9. The Morgan fingerprint density at radius 3 is 2.67 bits per heavy atom. The fourth-order valence-electron chi connectivity index (χ4n) is 2.21. The zero-order valence-corrected chi connectivity index (χ0v) is 14.4. The summed E-state index contributed by atoms with van der Waals surface area (Å²) in [6.45, 7) is 4.79. The lowest BCUT2D eigenvalue weighted by Gasteiger charge is -2.15. The van der Waals surface area contributed by atoms with E-state index in [1.165, 1.54) is 28.9 Å². The van der Waals surface area contributed by atoms with Crippen molar-refractivity contribution < 1.29 is 4.79 Å². The van der Waals surface area contributed by atoms with Crippen molar-refractivity contribution in [3.63, 3.8) is 0 Å². The number of hydrogen-bond donors (Lipinski definition) is 2. The van der Waals surface area contributed by atoms with Gasteiger partial charge in [-0.25, -0.2) is 0 Å². The summed E-state index contributed by atoms with van der Waals surface area (Å²) in [5.74, 6) is 1.57. The van der Waals surface area contributed by atoms with Gasteiger partial charge in [-0.15, -0.1) is 24.2 Å². The van der Waals surface area contributed by atoms with Crippen LogP contribution in [-0.4, -0.2) is 24.2 Å². The van der Waals surface area contributed by atoms with Gasteiger partial charge >= 0.3 is 0 Å². The topological polar surface area (TPSA) is 55.1 Å². The molecule has 0 bridgehead atoms. The second kappa shape index (κ2) is 8.66. The normalized spacial score (nSPS) is 15.2. The van der Waals surface area contributed by atoms with Gasteiger partial charge in [-0.1, -0.05) is 6.07 Å². The molecule has 1 aromatic rings. The highest BCUT2D eigenvalue weighted by Crippen LogP contribution is 2.32. The lowest BCUT2D eigenvalue weighted by Crippen LogP contribution is -2.41. The molecule has 1 amide bonds. The van der Waals surface area contributed by atoms with Gasteiger partial charge in [-0.2, -0.15) is 0 Å². The molecule has 1 aliphatic carbocycles. The molecule has 0 heterocycles. The maximum absolute atomic E-state index is 11.9. The Balaban J connectivity index is 0.00000220. The smallest absolute Gasteiger partial charge is 0.221 e. The number of aryl methyl sites for hydroxylation is 2. The number of halogens is 1. The highest BCUT2D eigenvalue weighted by Gasteiger charge is 2.30. The molecule has 3 nitrogen and oxygen atoms in total. The molecule has 0 aromatic heterocycles. The molecule has 2 rings (SSSR count). The molecule has 0 spiro atoms. The molecule has 1 aromatic carbocycles. The number of nitrogens with one attached hydrogen (secondary N) is 1. The molecular weight excluding hydrogens is 304 g/mol. The standard InChI is InChI=1S/C16H24N2OS.ClH/c1-11-3-6-14(9-12(11)2)20-8-7-16(19)18-15(10-17)13-4-5-13;/h3,6,9,13,15H,4-5,7-8,10,17H2,1-2H3,(H,18,19);1H. The molecule has 3 N–H and O–H groups in total. The van der Waals surface area contributed by atoms with E-state index in [-0.39, 0.29) is 24.4 Å². The molecular formula is C16H25ClN2OS. The summed E-state index contributed by atoms with van der Waals surface area (Å²) in [4.78, 5) is 13.1. The third-order valence-corrected chi connectivity index (χ3v) is 4.86. The van der Waals surface area contributed by atoms with E-state index in [0.29, 0.717) is 18.9 Å². The highest BCUT2D eigenvalue weighted by atomic mass is 35.5. The van der Waals surface area contributed by atoms with Gasteiger partial charge < -0.3 is 11.1 Å². The van der Waals surface area contributed by atoms with Crippen LogP contribution in [-0.2, 0) is 4.79 Å². The van der Waals surface area contributed by atoms with Crippen LogP contribution in [0.3, 0.4) is 0 Å². The Morgan fingerprint density at radius 2 is 2.10 bits per heavy atom. The first-order chi connectivity index (χ1) is 9.60. The molecule has 1 fully saturated rings. The maximum Gasteiger partial charge on any atom is 0.221 e. The number of rotatable bonds is 7. The van der Waals surface area contributed by atoms with Crippen molar-refractivity contribution in [3.8, 4) is 0 Å². The summed E-state index contributed by atoms with van der Waals surface area (Å²) in [5, 5.41) is 3.06. The Bertz CT molecular complexity index is 477. The molecule has 21 heavy (non-hydrogen) atoms. The number of benzene rings is 1. The summed E-state index contributed by atoms with van der Waals surface area (Å²) in [6.07, 6.45) is 2.97. The molecule has 1 aliphatic rings. The minimum Gasteiger partial charge on any atom is -0.352 e. The van der Waals surface area contributed by atoms with Gasteiger partial charge in [0.1, 0.15) is 0 Å². The summed E-state index contributed by atoms with van der Waals surface area (Å²) in [5.41, 5.74) is 8.30. The molecule has 1 saturated carbocycles. The summed E-state index contributed by atoms with van der Waals surface area (Å²) < 4.78 is 0. The van der Waals surface area contributed by atoms with E-state index in [0.717, 1.165) is 5.75 Å². The van der Waals surface area contributed by atoms with Crippen molar-refractivity contribution in [2.75, 3.05) is 12.3 Å². The van der Waals surface area contributed by atoms with Crippen molar-refractivity contribution in [2.24, 2.45) is 11.7 Å². The molecule has 0 radical (unpaired) electrons. The van der Waals surface area contributed by atoms with E-state index in [9.17, 15) is 4.79 Å². The average Bonchev–Trinajstić information content (AvgIpc) is 3.24. The number of thioether (sulfide) groups is 1. The number of hydrogen-bond acceptors (Lipinski definition) is 3. The van der Waals surface area contributed by atoms with E-state index >= 15 is 0 Å². The van der Waals surface area contributed by atoms with Gasteiger partial charge in [0.15, 0.2) is 0 Å². The summed E-state index contributed by atoms with van der Waals surface area (Å²) in [6, 6.07) is 6.63. The van der Waals surface area contributed by atoms with Gasteiger partial charge in [0, 0.05) is 29.7 Å². The third-order valence-electron chi connectivity index (χ3n) is 3.87. The molecule has 0 saturated heterocycles. The van der Waals surface area contributed by atoms with Crippen molar-refractivity contribution >= 4 is 30.1 Å². The average molecular weight is 329 g/mol. The summed E-state index contributed by atoms with van der Waals surface area (Å²) >= 11 is 1.74. The van der Waals surface area contributed by atoms with Gasteiger partial charge in [0.2, 0.25) is 5.91 Å². The predicted molar refractivity (Wildman–Crippen MR) is 92.2 cm³/mol. The van der Waals surface area contributed by atoms with Gasteiger partial charge in [0.05, 0.1) is 0 Å². The Hall–Kier alpha value is -0.710. The fraction of sp³-hybridized carbons (Fsp3) is 0.562. The van der Waals surface area contributed by atoms with Gasteiger partial charge in [-0.3, -0.25) is 4.79 Å². The third kappa shape index (κ3) is 5.89. The van der Waals surface area contributed by atoms with E-state index in [1.807, 2.05) is 0 Å². The molecule has 0 aliphatic heterocycles. The number of nitrogens with two attached hydrogens (primary N) is 1. The van der Waals surface area contributed by atoms with E-state index < -0.39 is 0 Å². The van der Waals surface area contributed by atoms with Gasteiger partial charge in [0.25, 0.3) is 0 Å².